The molecule has 0 radical (unpaired) electrons. The molecule has 0 spiro atoms. The molecule has 1 aromatic heterocycles. The van der Waals surface area contributed by atoms with Crippen LogP contribution in [-0.2, 0) is 13.0 Å². The fraction of sp³-hybridized carbons (Fsp3) is 0.438. The van der Waals surface area contributed by atoms with Crippen LogP contribution in [0.25, 0.3) is 0 Å². The number of hydrogen-bond donors (Lipinski definition) is 1. The SMILES string of the molecule is CCC(N)Cc1ccc(N(C)Cc2scnc2C)c(Cl)c1. The number of benzene rings is 1. The largest absolute Gasteiger partial charge is 0.368 e. The lowest BCUT2D eigenvalue weighted by atomic mass is 10.0. The quantitative estimate of drug-likeness (QED) is 0.873. The maximum Gasteiger partial charge on any atom is 0.0798 e. The van der Waals surface area contributed by atoms with Gasteiger partial charge >= 0.3 is 0 Å². The minimum atomic E-state index is 0.199. The highest BCUT2D eigenvalue weighted by Crippen LogP contribution is 2.28. The van der Waals surface area contributed by atoms with E-state index in [0.717, 1.165) is 35.8 Å². The Bertz CT molecular complexity index is 597. The molecule has 2 aromatic rings. The Hall–Kier alpha value is -1.10. The Morgan fingerprint density at radius 2 is 2.19 bits per heavy atom. The molecule has 1 unspecified atom stereocenters. The zero-order chi connectivity index (χ0) is 15.4. The van der Waals surface area contributed by atoms with Crippen molar-refractivity contribution < 1.29 is 0 Å². The number of hydrogen-bond acceptors (Lipinski definition) is 4. The lowest BCUT2D eigenvalue weighted by Gasteiger charge is -2.21. The molecular weight excluding hydrogens is 302 g/mol. The molecule has 0 aliphatic heterocycles. The van der Waals surface area contributed by atoms with Crippen LogP contribution in [0.2, 0.25) is 5.02 Å². The minimum absolute atomic E-state index is 0.199. The van der Waals surface area contributed by atoms with Crippen molar-refractivity contribution in [3.63, 3.8) is 0 Å². The first-order chi connectivity index (χ1) is 10.0. The summed E-state index contributed by atoms with van der Waals surface area (Å²) in [5.41, 5.74) is 11.2. The van der Waals surface area contributed by atoms with E-state index in [1.807, 2.05) is 18.5 Å². The molecule has 21 heavy (non-hydrogen) atoms. The highest BCUT2D eigenvalue weighted by Gasteiger charge is 2.11. The summed E-state index contributed by atoms with van der Waals surface area (Å²) in [7, 11) is 2.05. The van der Waals surface area contributed by atoms with Crippen molar-refractivity contribution in [1.82, 2.24) is 4.98 Å². The van der Waals surface area contributed by atoms with Gasteiger partial charge in [0.05, 0.1) is 28.5 Å². The second kappa shape index (κ2) is 7.25. The van der Waals surface area contributed by atoms with E-state index in [1.54, 1.807) is 11.3 Å². The van der Waals surface area contributed by atoms with E-state index in [0.29, 0.717) is 0 Å². The standard InChI is InChI=1S/C16H22ClN3S/c1-4-13(18)7-12-5-6-15(14(17)8-12)20(3)9-16-11(2)19-10-21-16/h5-6,8,10,13H,4,7,9,18H2,1-3H3. The molecule has 5 heteroatoms. The number of anilines is 1. The number of nitrogens with two attached hydrogens (primary N) is 1. The second-order valence-electron chi connectivity index (χ2n) is 5.38. The second-order valence-corrected chi connectivity index (χ2v) is 6.72. The van der Waals surface area contributed by atoms with Gasteiger partial charge in [0.2, 0.25) is 0 Å². The van der Waals surface area contributed by atoms with Gasteiger partial charge in [0.15, 0.2) is 0 Å². The van der Waals surface area contributed by atoms with Crippen LogP contribution in [0.4, 0.5) is 5.69 Å². The average molecular weight is 324 g/mol. The van der Waals surface area contributed by atoms with E-state index >= 15 is 0 Å². The van der Waals surface area contributed by atoms with Gasteiger partial charge in [-0.15, -0.1) is 11.3 Å². The van der Waals surface area contributed by atoms with Crippen molar-refractivity contribution in [2.24, 2.45) is 5.73 Å². The Morgan fingerprint density at radius 1 is 1.43 bits per heavy atom. The number of thiazole rings is 1. The highest BCUT2D eigenvalue weighted by molar-refractivity contribution is 7.09. The van der Waals surface area contributed by atoms with Crippen molar-refractivity contribution in [2.75, 3.05) is 11.9 Å². The van der Waals surface area contributed by atoms with Gasteiger partial charge in [-0.1, -0.05) is 24.6 Å². The molecule has 1 aromatic carbocycles. The van der Waals surface area contributed by atoms with E-state index in [-0.39, 0.29) is 6.04 Å². The predicted molar refractivity (Wildman–Crippen MR) is 92.4 cm³/mol. The van der Waals surface area contributed by atoms with Crippen LogP contribution in [0.3, 0.4) is 0 Å². The van der Waals surface area contributed by atoms with Gasteiger partial charge in [-0.3, -0.25) is 0 Å². The molecule has 2 rings (SSSR count). The number of halogens is 1. The third kappa shape index (κ3) is 4.19. The van der Waals surface area contributed by atoms with Gasteiger partial charge < -0.3 is 10.6 Å². The molecular formula is C16H22ClN3S. The van der Waals surface area contributed by atoms with E-state index in [9.17, 15) is 0 Å². The molecule has 3 nitrogen and oxygen atoms in total. The lowest BCUT2D eigenvalue weighted by molar-refractivity contribution is 0.646. The summed E-state index contributed by atoms with van der Waals surface area (Å²) in [5.74, 6) is 0. The Labute approximate surface area is 135 Å². The minimum Gasteiger partial charge on any atom is -0.368 e. The molecule has 0 amide bonds. The Kier molecular flexibility index (Phi) is 5.62. The van der Waals surface area contributed by atoms with Crippen molar-refractivity contribution in [1.29, 1.82) is 0 Å². The number of aryl methyl sites for hydroxylation is 1. The van der Waals surface area contributed by atoms with E-state index < -0.39 is 0 Å². The van der Waals surface area contributed by atoms with Gasteiger partial charge in [0.1, 0.15) is 0 Å². The summed E-state index contributed by atoms with van der Waals surface area (Å²) < 4.78 is 0. The third-order valence-electron chi connectivity index (χ3n) is 3.67. The zero-order valence-electron chi connectivity index (χ0n) is 12.8. The van der Waals surface area contributed by atoms with Crippen molar-refractivity contribution in [3.05, 3.63) is 44.9 Å². The van der Waals surface area contributed by atoms with Crippen LogP contribution >= 0.6 is 22.9 Å². The van der Waals surface area contributed by atoms with Crippen molar-refractivity contribution in [2.45, 2.75) is 39.3 Å². The summed E-state index contributed by atoms with van der Waals surface area (Å²) in [5, 5.41) is 0.778. The molecule has 0 aliphatic rings. The maximum absolute atomic E-state index is 6.44. The molecule has 0 fully saturated rings. The van der Waals surface area contributed by atoms with Gasteiger partial charge in [-0.2, -0.15) is 0 Å². The fourth-order valence-corrected chi connectivity index (χ4v) is 3.39. The molecule has 0 aliphatic carbocycles. The molecule has 1 atom stereocenters. The summed E-state index contributed by atoms with van der Waals surface area (Å²) in [6.07, 6.45) is 1.85. The fourth-order valence-electron chi connectivity index (χ4n) is 2.21. The predicted octanol–water partition coefficient (Wildman–Crippen LogP) is 4.02. The number of nitrogens with zero attached hydrogens (tertiary/aromatic N) is 2. The van der Waals surface area contributed by atoms with Crippen LogP contribution in [0.15, 0.2) is 23.7 Å². The maximum atomic E-state index is 6.44. The zero-order valence-corrected chi connectivity index (χ0v) is 14.3. The van der Waals surface area contributed by atoms with Crippen LogP contribution in [0.1, 0.15) is 29.5 Å². The monoisotopic (exact) mass is 323 g/mol. The van der Waals surface area contributed by atoms with Crippen LogP contribution in [-0.4, -0.2) is 18.1 Å². The Morgan fingerprint density at radius 3 is 2.76 bits per heavy atom. The molecule has 0 bridgehead atoms. The van der Waals surface area contributed by atoms with Gasteiger partial charge in [0, 0.05) is 18.0 Å². The smallest absolute Gasteiger partial charge is 0.0798 e. The normalized spacial score (nSPS) is 12.4. The van der Waals surface area contributed by atoms with Crippen LogP contribution in [0, 0.1) is 6.92 Å². The van der Waals surface area contributed by atoms with Crippen LogP contribution in [0.5, 0.6) is 0 Å². The summed E-state index contributed by atoms with van der Waals surface area (Å²) in [4.78, 5) is 7.72. The van der Waals surface area contributed by atoms with Gasteiger partial charge in [0.25, 0.3) is 0 Å². The molecule has 114 valence electrons. The first-order valence-electron chi connectivity index (χ1n) is 7.15. The molecule has 2 N–H and O–H groups in total. The average Bonchev–Trinajstić information content (AvgIpc) is 2.84. The van der Waals surface area contributed by atoms with Gasteiger partial charge in [-0.05, 0) is 37.5 Å². The highest BCUT2D eigenvalue weighted by atomic mass is 35.5. The number of rotatable bonds is 6. The Balaban J connectivity index is 2.11. The van der Waals surface area contributed by atoms with Crippen molar-refractivity contribution in [3.8, 4) is 0 Å². The first kappa shape index (κ1) is 16.3. The summed E-state index contributed by atoms with van der Waals surface area (Å²) in [6, 6.07) is 6.43. The molecule has 1 heterocycles. The van der Waals surface area contributed by atoms with Gasteiger partial charge in [-0.25, -0.2) is 4.98 Å². The van der Waals surface area contributed by atoms with E-state index in [1.165, 1.54) is 10.4 Å². The topological polar surface area (TPSA) is 42.1 Å². The van der Waals surface area contributed by atoms with E-state index in [4.69, 9.17) is 17.3 Å². The molecule has 0 saturated heterocycles. The van der Waals surface area contributed by atoms with E-state index in [2.05, 4.69) is 36.0 Å². The third-order valence-corrected chi connectivity index (χ3v) is 4.89. The lowest BCUT2D eigenvalue weighted by Crippen LogP contribution is -2.21. The molecule has 0 saturated carbocycles. The number of aromatic nitrogens is 1. The summed E-state index contributed by atoms with van der Waals surface area (Å²) in [6.45, 7) is 4.96. The summed E-state index contributed by atoms with van der Waals surface area (Å²) >= 11 is 8.12. The van der Waals surface area contributed by atoms with Crippen molar-refractivity contribution >= 4 is 28.6 Å². The first-order valence-corrected chi connectivity index (χ1v) is 8.41. The van der Waals surface area contributed by atoms with Crippen LogP contribution < -0.4 is 10.6 Å².